The quantitative estimate of drug-likeness (QED) is 0.123. The van der Waals surface area contributed by atoms with Crippen LogP contribution in [0.2, 0.25) is 17.3 Å². The van der Waals surface area contributed by atoms with Crippen LogP contribution in [0.4, 0.5) is 0 Å². The van der Waals surface area contributed by atoms with Gasteiger partial charge in [-0.15, -0.1) is 23.8 Å². The predicted octanol–water partition coefficient (Wildman–Crippen LogP) is 13.1. The van der Waals surface area contributed by atoms with Gasteiger partial charge in [0.25, 0.3) is 0 Å². The minimum absolute atomic E-state index is 0. The maximum atomic E-state index is 7.87. The summed E-state index contributed by atoms with van der Waals surface area (Å²) in [4.78, 5) is 9.35. The molecule has 0 atom stereocenters. The summed E-state index contributed by atoms with van der Waals surface area (Å²) >= 11 is -0.127. The van der Waals surface area contributed by atoms with Crippen LogP contribution in [0.15, 0.2) is 134 Å². The third-order valence-corrected chi connectivity index (χ3v) is 15.2. The molecule has 267 valence electrons. The Morgan fingerprint density at radius 2 is 1.45 bits per heavy atom. The smallest absolute Gasteiger partial charge is 0 e. The fraction of sp³-hybridized carbons (Fsp3) is 0.167. The Morgan fingerprint density at radius 1 is 0.736 bits per heavy atom. The molecule has 0 aliphatic carbocycles. The average molecular weight is 949 g/mol. The van der Waals surface area contributed by atoms with Gasteiger partial charge in [0.2, 0.25) is 0 Å². The van der Waals surface area contributed by atoms with Crippen LogP contribution >= 0.6 is 11.3 Å². The minimum atomic E-state index is -2.19. The van der Waals surface area contributed by atoms with Crippen molar-refractivity contribution >= 4 is 49.2 Å². The minimum Gasteiger partial charge on any atom is 0 e. The Morgan fingerprint density at radius 3 is 2.11 bits per heavy atom. The summed E-state index contributed by atoms with van der Waals surface area (Å²) in [5.41, 5.74) is 10.8. The standard InChI is InChI=1S/C26H20NS.C22H24GeN.Ir/c1-17(2)19-14-15-27-23(16-19)21-11-6-12-22-25-20(18-8-4-3-5-9-18)10-7-13-24(25)28-26(21)22;1-16-11-12-19(14-20(16)18-9-7-6-8-10-18)22-13-17(2)21(15-24-22)23(3,4)5;/h3-10,12-17H,1-2H3;6-11,13-15H,1-5H3;/q2*-1;/i;1D3;. The normalized spacial score (nSPS) is 12.4. The summed E-state index contributed by atoms with van der Waals surface area (Å²) in [7, 11) is 0. The number of aryl methyl sites for hydroxylation is 2. The van der Waals surface area contributed by atoms with Gasteiger partial charge in [-0.05, 0) is 45.0 Å². The summed E-state index contributed by atoms with van der Waals surface area (Å²) in [6, 6.07) is 47.6. The van der Waals surface area contributed by atoms with E-state index in [2.05, 4.69) is 133 Å². The second-order valence-corrected chi connectivity index (χ2v) is 26.2. The third kappa shape index (κ3) is 8.32. The monoisotopic (exact) mass is 950 g/mol. The number of hydrogen-bond donors (Lipinski definition) is 0. The summed E-state index contributed by atoms with van der Waals surface area (Å²) in [5.74, 6) is 7.55. The van der Waals surface area contributed by atoms with Gasteiger partial charge in [0.05, 0.1) is 0 Å². The van der Waals surface area contributed by atoms with Gasteiger partial charge in [-0.1, -0.05) is 73.3 Å². The van der Waals surface area contributed by atoms with E-state index < -0.39 is 20.1 Å². The molecule has 1 radical (unpaired) electrons. The summed E-state index contributed by atoms with van der Waals surface area (Å²) in [5, 5.41) is 2.61. The second kappa shape index (κ2) is 16.4. The molecule has 8 aromatic rings. The average Bonchev–Trinajstić information content (AvgIpc) is 3.57. The summed E-state index contributed by atoms with van der Waals surface area (Å²) in [6.07, 6.45) is 3.92. The van der Waals surface area contributed by atoms with Crippen LogP contribution in [0, 0.1) is 25.9 Å². The fourth-order valence-corrected chi connectivity index (χ4v) is 11.6. The van der Waals surface area contributed by atoms with E-state index in [1.165, 1.54) is 46.8 Å². The molecule has 0 fully saturated rings. The Kier molecular flexibility index (Phi) is 10.7. The van der Waals surface area contributed by atoms with Gasteiger partial charge in [0.15, 0.2) is 0 Å². The van der Waals surface area contributed by atoms with Crippen LogP contribution in [-0.2, 0) is 20.1 Å². The van der Waals surface area contributed by atoms with Gasteiger partial charge in [-0.3, -0.25) is 0 Å². The molecule has 53 heavy (non-hydrogen) atoms. The van der Waals surface area contributed by atoms with Crippen molar-refractivity contribution in [3.63, 3.8) is 0 Å². The first-order chi connectivity index (χ1) is 26.3. The van der Waals surface area contributed by atoms with Crippen molar-refractivity contribution in [3.8, 4) is 44.8 Å². The zero-order valence-electron chi connectivity index (χ0n) is 33.9. The van der Waals surface area contributed by atoms with Gasteiger partial charge in [0.1, 0.15) is 0 Å². The Hall–Kier alpha value is -4.19. The second-order valence-electron chi connectivity index (χ2n) is 14.5. The molecule has 0 amide bonds. The van der Waals surface area contributed by atoms with Crippen LogP contribution in [0.1, 0.15) is 40.6 Å². The zero-order valence-corrected chi connectivity index (χ0v) is 36.2. The van der Waals surface area contributed by atoms with Gasteiger partial charge >= 0.3 is 152 Å². The van der Waals surface area contributed by atoms with Gasteiger partial charge in [-0.25, -0.2) is 0 Å². The molecule has 0 N–H and O–H groups in total. The molecule has 0 aliphatic heterocycles. The zero-order chi connectivity index (χ0) is 38.9. The van der Waals surface area contributed by atoms with E-state index in [9.17, 15) is 0 Å². The molecular formula is C48H44GeIrN2S-2. The van der Waals surface area contributed by atoms with Crippen molar-refractivity contribution in [2.75, 3.05) is 0 Å². The molecule has 0 bridgehead atoms. The molecule has 3 aromatic heterocycles. The third-order valence-electron chi connectivity index (χ3n) is 9.48. The van der Waals surface area contributed by atoms with Crippen molar-refractivity contribution in [2.45, 2.75) is 50.8 Å². The molecule has 8 rings (SSSR count). The number of hydrogen-bond acceptors (Lipinski definition) is 3. The largest absolute Gasteiger partial charge is 0 e. The molecule has 0 spiro atoms. The number of rotatable bonds is 6. The number of pyridine rings is 2. The van der Waals surface area contributed by atoms with E-state index in [4.69, 9.17) is 4.11 Å². The topological polar surface area (TPSA) is 25.8 Å². The van der Waals surface area contributed by atoms with E-state index in [0.29, 0.717) is 17.0 Å². The summed E-state index contributed by atoms with van der Waals surface area (Å²) in [6.45, 7) is 4.38. The maximum Gasteiger partial charge on any atom is 0 e. The molecule has 5 heteroatoms. The van der Waals surface area contributed by atoms with E-state index >= 15 is 0 Å². The number of benzene rings is 5. The van der Waals surface area contributed by atoms with E-state index in [-0.39, 0.29) is 20.1 Å². The van der Waals surface area contributed by atoms with Crippen LogP contribution in [0.3, 0.4) is 0 Å². The number of fused-ring (bicyclic) bond motifs is 3. The first-order valence-corrected chi connectivity index (χ1v) is 25.9. The van der Waals surface area contributed by atoms with Crippen molar-refractivity contribution in [1.29, 1.82) is 0 Å². The fourth-order valence-electron chi connectivity index (χ4n) is 6.77. The van der Waals surface area contributed by atoms with Crippen molar-refractivity contribution < 1.29 is 24.2 Å². The number of thiophene rings is 1. The first kappa shape index (κ1) is 34.6. The van der Waals surface area contributed by atoms with E-state index in [1.54, 1.807) is 6.07 Å². The number of aromatic nitrogens is 2. The van der Waals surface area contributed by atoms with E-state index in [1.807, 2.05) is 66.2 Å². The molecule has 2 nitrogen and oxygen atoms in total. The molecule has 0 unspecified atom stereocenters. The van der Waals surface area contributed by atoms with Crippen molar-refractivity contribution in [1.82, 2.24) is 9.97 Å². The molecule has 0 saturated heterocycles. The molecular weight excluding hydrogens is 901 g/mol. The SMILES string of the molecule is CC(C)c1ccnc(-c2[c-]ccc3c2sc2cccc(-c4ccccc4)c23)c1.[2H]C([2H])([2H])c1c[c-]c(-c2cc(C)[c]([Ge]([CH3])([CH3])[CH3])cn2)cc1-c1ccccc1.[Ir]. The molecule has 0 aliphatic rings. The Balaban J connectivity index is 0.000000187. The summed E-state index contributed by atoms with van der Waals surface area (Å²) < 4.78 is 27.6. The molecule has 5 aromatic carbocycles. The van der Waals surface area contributed by atoms with Gasteiger partial charge in [-0.2, -0.15) is 11.3 Å². The van der Waals surface area contributed by atoms with Crippen LogP contribution < -0.4 is 4.40 Å². The predicted molar refractivity (Wildman–Crippen MR) is 227 cm³/mol. The van der Waals surface area contributed by atoms with Crippen molar-refractivity contribution in [3.05, 3.63) is 163 Å². The first-order valence-electron chi connectivity index (χ1n) is 19.3. The van der Waals surface area contributed by atoms with Crippen molar-refractivity contribution in [2.24, 2.45) is 0 Å². The maximum absolute atomic E-state index is 7.87. The van der Waals surface area contributed by atoms with Gasteiger partial charge in [0, 0.05) is 31.0 Å². The van der Waals surface area contributed by atoms with Gasteiger partial charge < -0.3 is 4.98 Å². The van der Waals surface area contributed by atoms with Crippen LogP contribution in [0.25, 0.3) is 64.9 Å². The Labute approximate surface area is 339 Å². The molecule has 0 saturated carbocycles. The molecule has 3 heterocycles. The Bertz CT molecular complexity index is 2610. The number of nitrogens with zero attached hydrogens (tertiary/aromatic N) is 2. The van der Waals surface area contributed by atoms with E-state index in [0.717, 1.165) is 28.1 Å². The van der Waals surface area contributed by atoms with Crippen LogP contribution in [-0.4, -0.2) is 23.2 Å². The van der Waals surface area contributed by atoms with Crippen LogP contribution in [0.5, 0.6) is 0 Å².